The molecule has 0 aliphatic carbocycles. The highest BCUT2D eigenvalue weighted by Gasteiger charge is 2.18. The van der Waals surface area contributed by atoms with E-state index in [1.807, 2.05) is 0 Å². The fourth-order valence-corrected chi connectivity index (χ4v) is 2.63. The van der Waals surface area contributed by atoms with Crippen molar-refractivity contribution >= 4 is 11.9 Å². The number of ketones is 1. The summed E-state index contributed by atoms with van der Waals surface area (Å²) in [5.74, 6) is 0.442. The number of aromatic hydroxyl groups is 1. The molecule has 1 N–H and O–H groups in total. The molecule has 0 saturated heterocycles. The van der Waals surface area contributed by atoms with Gasteiger partial charge in [-0.25, -0.2) is 0 Å². The molecule has 0 aliphatic heterocycles. The first-order valence-corrected chi connectivity index (χ1v) is 9.74. The first-order chi connectivity index (χ1) is 16.0. The predicted molar refractivity (Wildman–Crippen MR) is 118 cm³/mol. The number of phenolic OH excluding ortho intramolecular Hbond substituents is 1. The van der Waals surface area contributed by atoms with Gasteiger partial charge in [0.2, 0.25) is 0 Å². The number of carbonyl (C=O) groups is 1. The second kappa shape index (κ2) is 14.0. The van der Waals surface area contributed by atoms with E-state index in [0.717, 1.165) is 0 Å². The summed E-state index contributed by atoms with van der Waals surface area (Å²) in [6.07, 6.45) is 2.87. The van der Waals surface area contributed by atoms with E-state index in [1.54, 1.807) is 24.3 Å². The van der Waals surface area contributed by atoms with E-state index in [9.17, 15) is 9.90 Å². The highest BCUT2D eigenvalue weighted by Crippen LogP contribution is 2.35. The summed E-state index contributed by atoms with van der Waals surface area (Å²) < 4.78 is 41.4. The number of benzene rings is 2. The molecule has 0 radical (unpaired) electrons. The maximum Gasteiger partial charge on any atom is 0.193 e. The van der Waals surface area contributed by atoms with Gasteiger partial charge >= 0.3 is 0 Å². The number of methoxy groups -OCH3 is 4. The van der Waals surface area contributed by atoms with Gasteiger partial charge in [0.1, 0.15) is 22.8 Å². The van der Waals surface area contributed by atoms with E-state index in [4.69, 9.17) is 37.9 Å². The normalized spacial score (nSPS) is 10.9. The Morgan fingerprint density at radius 2 is 1.33 bits per heavy atom. The average Bonchev–Trinajstić information content (AvgIpc) is 2.82. The Kier molecular flexibility index (Phi) is 11.0. The summed E-state index contributed by atoms with van der Waals surface area (Å²) in [6, 6.07) is 7.87. The van der Waals surface area contributed by atoms with Crippen LogP contribution in [0.5, 0.6) is 28.7 Å². The lowest BCUT2D eigenvalue weighted by Gasteiger charge is -2.13. The zero-order valence-electron chi connectivity index (χ0n) is 19.0. The minimum Gasteiger partial charge on any atom is -0.507 e. The first-order valence-electron chi connectivity index (χ1n) is 9.74. The van der Waals surface area contributed by atoms with Gasteiger partial charge in [0, 0.05) is 40.6 Å². The van der Waals surface area contributed by atoms with Crippen LogP contribution in [0.4, 0.5) is 0 Å². The minimum atomic E-state index is -0.490. The Hall–Kier alpha value is -3.31. The molecule has 2 rings (SSSR count). The van der Waals surface area contributed by atoms with Crippen LogP contribution in [0.3, 0.4) is 0 Å². The van der Waals surface area contributed by atoms with Crippen LogP contribution in [-0.4, -0.2) is 66.5 Å². The lowest BCUT2D eigenvalue weighted by Crippen LogP contribution is -2.07. The molecular formula is C23H28O10. The number of hydrogen-bond donors (Lipinski definition) is 1. The van der Waals surface area contributed by atoms with E-state index < -0.39 is 5.78 Å². The standard InChI is InChI=1S/C23H28O10/c1-26-12-30-17-10-19(25)23(22(11-17)33-15-29-4)18(24)7-5-16-6-8-20(31-13-27-2)21(9-16)32-14-28-3/h5-11,25H,12-15H2,1-4H3/b7-5+. The smallest absolute Gasteiger partial charge is 0.193 e. The molecule has 0 aliphatic rings. The molecule has 10 nitrogen and oxygen atoms in total. The van der Waals surface area contributed by atoms with Crippen molar-refractivity contribution in [3.05, 3.63) is 47.5 Å². The van der Waals surface area contributed by atoms with Crippen molar-refractivity contribution in [3.63, 3.8) is 0 Å². The van der Waals surface area contributed by atoms with Crippen LogP contribution in [0.2, 0.25) is 0 Å². The molecule has 180 valence electrons. The molecule has 0 saturated carbocycles. The summed E-state index contributed by atoms with van der Waals surface area (Å²) in [4.78, 5) is 12.9. The number of allylic oxidation sites excluding steroid dienone is 1. The molecule has 33 heavy (non-hydrogen) atoms. The van der Waals surface area contributed by atoms with Gasteiger partial charge in [0.25, 0.3) is 0 Å². The maximum absolute atomic E-state index is 12.9. The topological polar surface area (TPSA) is 111 Å². The lowest BCUT2D eigenvalue weighted by molar-refractivity contribution is 0.0322. The quantitative estimate of drug-likeness (QED) is 0.240. The molecule has 0 amide bonds. The maximum atomic E-state index is 12.9. The van der Waals surface area contributed by atoms with Crippen LogP contribution in [0, 0.1) is 0 Å². The van der Waals surface area contributed by atoms with Gasteiger partial charge in [-0.15, -0.1) is 0 Å². The van der Waals surface area contributed by atoms with E-state index in [2.05, 4.69) is 0 Å². The summed E-state index contributed by atoms with van der Waals surface area (Å²) >= 11 is 0. The van der Waals surface area contributed by atoms with Crippen molar-refractivity contribution in [2.75, 3.05) is 55.6 Å². The van der Waals surface area contributed by atoms with Crippen LogP contribution in [0.25, 0.3) is 6.08 Å². The summed E-state index contributed by atoms with van der Waals surface area (Å²) in [5, 5.41) is 10.4. The molecule has 0 aromatic heterocycles. The number of ether oxygens (including phenoxy) is 8. The molecular weight excluding hydrogens is 436 g/mol. The SMILES string of the molecule is COCOc1cc(O)c(C(=O)/C=C/c2ccc(OCOC)c(OCOC)c2)c(OCOC)c1. The Morgan fingerprint density at radius 3 is 1.97 bits per heavy atom. The van der Waals surface area contributed by atoms with E-state index >= 15 is 0 Å². The average molecular weight is 464 g/mol. The number of rotatable bonds is 15. The second-order valence-electron chi connectivity index (χ2n) is 6.42. The van der Waals surface area contributed by atoms with E-state index in [-0.39, 0.29) is 50.0 Å². The Bertz CT molecular complexity index is 926. The van der Waals surface area contributed by atoms with Crippen LogP contribution in [-0.2, 0) is 18.9 Å². The molecule has 10 heteroatoms. The number of phenols is 1. The largest absolute Gasteiger partial charge is 0.507 e. The van der Waals surface area contributed by atoms with Crippen LogP contribution < -0.4 is 18.9 Å². The lowest BCUT2D eigenvalue weighted by atomic mass is 10.1. The molecule has 0 atom stereocenters. The number of carbonyl (C=O) groups excluding carboxylic acids is 1. The fraction of sp³-hybridized carbons (Fsp3) is 0.348. The van der Waals surface area contributed by atoms with Crippen molar-refractivity contribution in [3.8, 4) is 28.7 Å². The summed E-state index contributed by atoms with van der Waals surface area (Å²) in [7, 11) is 5.91. The van der Waals surface area contributed by atoms with Crippen molar-refractivity contribution in [2.45, 2.75) is 0 Å². The highest BCUT2D eigenvalue weighted by molar-refractivity contribution is 6.10. The van der Waals surface area contributed by atoms with Crippen molar-refractivity contribution in [2.24, 2.45) is 0 Å². The monoisotopic (exact) mass is 464 g/mol. The van der Waals surface area contributed by atoms with Crippen molar-refractivity contribution < 1.29 is 47.8 Å². The minimum absolute atomic E-state index is 0.0149. The van der Waals surface area contributed by atoms with Gasteiger partial charge in [-0.05, 0) is 23.8 Å². The molecule has 0 unspecified atom stereocenters. The third kappa shape index (κ3) is 7.95. The van der Waals surface area contributed by atoms with E-state index in [0.29, 0.717) is 17.1 Å². The molecule has 2 aromatic rings. The molecule has 0 bridgehead atoms. The van der Waals surface area contributed by atoms with Crippen molar-refractivity contribution in [1.82, 2.24) is 0 Å². The Labute approximate surface area is 192 Å². The fourth-order valence-electron chi connectivity index (χ4n) is 2.63. The van der Waals surface area contributed by atoms with Gasteiger partial charge in [-0.2, -0.15) is 0 Å². The van der Waals surface area contributed by atoms with Crippen LogP contribution >= 0.6 is 0 Å². The van der Waals surface area contributed by atoms with E-state index in [1.165, 1.54) is 46.6 Å². The number of hydrogen-bond acceptors (Lipinski definition) is 10. The van der Waals surface area contributed by atoms with Crippen molar-refractivity contribution in [1.29, 1.82) is 0 Å². The van der Waals surface area contributed by atoms with Gasteiger partial charge in [-0.1, -0.05) is 12.1 Å². The zero-order chi connectivity index (χ0) is 24.1. The molecule has 0 fully saturated rings. The van der Waals surface area contributed by atoms with Gasteiger partial charge in [0.05, 0.1) is 0 Å². The van der Waals surface area contributed by atoms with Gasteiger partial charge in [0.15, 0.2) is 44.5 Å². The Balaban J connectivity index is 2.29. The van der Waals surface area contributed by atoms with Crippen LogP contribution in [0.15, 0.2) is 36.4 Å². The predicted octanol–water partition coefficient (Wildman–Crippen LogP) is 3.22. The molecule has 0 heterocycles. The molecule has 0 spiro atoms. The third-order valence-corrected chi connectivity index (χ3v) is 4.04. The van der Waals surface area contributed by atoms with Crippen LogP contribution in [0.1, 0.15) is 15.9 Å². The van der Waals surface area contributed by atoms with Gasteiger partial charge in [-0.3, -0.25) is 4.79 Å². The Morgan fingerprint density at radius 1 is 0.758 bits per heavy atom. The third-order valence-electron chi connectivity index (χ3n) is 4.04. The second-order valence-corrected chi connectivity index (χ2v) is 6.42. The summed E-state index contributed by atoms with van der Waals surface area (Å²) in [5.41, 5.74) is 0.613. The summed E-state index contributed by atoms with van der Waals surface area (Å²) in [6.45, 7) is -0.0974. The highest BCUT2D eigenvalue weighted by atomic mass is 16.7. The zero-order valence-corrected chi connectivity index (χ0v) is 19.0. The van der Waals surface area contributed by atoms with Gasteiger partial charge < -0.3 is 43.0 Å². The molecule has 2 aromatic carbocycles. The first kappa shape index (κ1) is 25.9.